The lowest BCUT2D eigenvalue weighted by molar-refractivity contribution is -0.141. The summed E-state index contributed by atoms with van der Waals surface area (Å²) in [4.78, 5) is 67.5. The molecule has 11 heteroatoms. The lowest BCUT2D eigenvalue weighted by Crippen LogP contribution is -2.53. The number of hydrogen-bond acceptors (Lipinski definition) is 5. The standard InChI is InChI=1S/C32H41N5O6/c1-22(2)20-26(28(40)33-19-9-12-27(38)39)37-29(41)32(17-7-4-8-18-32)36(31(37)43)21-23-13-15-25(16-14-23)35-30(42)34-24-10-5-3-6-11-24/h3,5-6,10-11,13-16,22,26H,4,7-9,12,17-21H2,1-2H3,(H,33,40)(H,38,39)(H2,34,35,42)/t26-/m0/s1. The Morgan fingerprint density at radius 2 is 1.53 bits per heavy atom. The van der Waals surface area contributed by atoms with Crippen molar-refractivity contribution in [3.8, 4) is 0 Å². The maximum absolute atomic E-state index is 14.1. The number of rotatable bonds is 12. The molecule has 4 N–H and O–H groups in total. The van der Waals surface area contributed by atoms with Gasteiger partial charge in [0.15, 0.2) is 0 Å². The Morgan fingerprint density at radius 1 is 0.907 bits per heavy atom. The molecule has 6 amide bonds. The Kier molecular flexibility index (Phi) is 10.4. The molecular weight excluding hydrogens is 550 g/mol. The first kappa shape index (κ1) is 31.5. The number of carbonyl (C=O) groups is 5. The minimum absolute atomic E-state index is 0.0332. The fourth-order valence-electron chi connectivity index (χ4n) is 5.89. The van der Waals surface area contributed by atoms with Crippen molar-refractivity contribution in [2.45, 2.75) is 83.3 Å². The van der Waals surface area contributed by atoms with E-state index < -0.39 is 29.5 Å². The van der Waals surface area contributed by atoms with Gasteiger partial charge in [-0.3, -0.25) is 14.4 Å². The van der Waals surface area contributed by atoms with Crippen molar-refractivity contribution < 1.29 is 29.1 Å². The molecule has 1 aliphatic heterocycles. The summed E-state index contributed by atoms with van der Waals surface area (Å²) in [5.41, 5.74) is 1.02. The van der Waals surface area contributed by atoms with E-state index in [1.807, 2.05) is 44.2 Å². The van der Waals surface area contributed by atoms with E-state index >= 15 is 0 Å². The quantitative estimate of drug-likeness (QED) is 0.197. The molecule has 43 heavy (non-hydrogen) atoms. The summed E-state index contributed by atoms with van der Waals surface area (Å²) in [6, 6.07) is 14.4. The highest BCUT2D eigenvalue weighted by atomic mass is 16.4. The highest BCUT2D eigenvalue weighted by Gasteiger charge is 2.59. The van der Waals surface area contributed by atoms with Gasteiger partial charge in [0.25, 0.3) is 5.91 Å². The van der Waals surface area contributed by atoms with E-state index in [0.717, 1.165) is 29.7 Å². The van der Waals surface area contributed by atoms with Crippen molar-refractivity contribution in [3.63, 3.8) is 0 Å². The zero-order valence-electron chi connectivity index (χ0n) is 24.8. The molecule has 1 heterocycles. The molecule has 0 aromatic heterocycles. The van der Waals surface area contributed by atoms with Gasteiger partial charge in [0.05, 0.1) is 0 Å². The normalized spacial score (nSPS) is 16.8. The molecule has 0 radical (unpaired) electrons. The van der Waals surface area contributed by atoms with Crippen LogP contribution in [0.1, 0.15) is 70.8 Å². The van der Waals surface area contributed by atoms with Crippen LogP contribution in [0.5, 0.6) is 0 Å². The summed E-state index contributed by atoms with van der Waals surface area (Å²) in [5, 5.41) is 17.2. The number of carboxylic acid groups (broad SMARTS) is 1. The van der Waals surface area contributed by atoms with Crippen molar-refractivity contribution in [1.29, 1.82) is 0 Å². The fraction of sp³-hybridized carbons (Fsp3) is 0.469. The number of urea groups is 2. The molecule has 2 aliphatic rings. The number of hydrogen-bond donors (Lipinski definition) is 4. The predicted molar refractivity (Wildman–Crippen MR) is 162 cm³/mol. The lowest BCUT2D eigenvalue weighted by atomic mass is 9.80. The molecule has 11 nitrogen and oxygen atoms in total. The van der Waals surface area contributed by atoms with E-state index in [1.54, 1.807) is 29.2 Å². The van der Waals surface area contributed by atoms with Gasteiger partial charge in [-0.2, -0.15) is 0 Å². The van der Waals surface area contributed by atoms with Crippen LogP contribution in [0.2, 0.25) is 0 Å². The molecule has 2 fully saturated rings. The van der Waals surface area contributed by atoms with Crippen LogP contribution in [0.4, 0.5) is 21.0 Å². The van der Waals surface area contributed by atoms with E-state index in [2.05, 4.69) is 16.0 Å². The Hall–Kier alpha value is -4.41. The van der Waals surface area contributed by atoms with E-state index in [9.17, 15) is 24.0 Å². The molecule has 1 spiro atoms. The molecule has 1 aliphatic carbocycles. The van der Waals surface area contributed by atoms with Gasteiger partial charge in [-0.25, -0.2) is 14.5 Å². The summed E-state index contributed by atoms with van der Waals surface area (Å²) in [6.45, 7) is 4.19. The molecular formula is C32H41N5O6. The highest BCUT2D eigenvalue weighted by Crippen LogP contribution is 2.42. The molecule has 4 rings (SSSR count). The van der Waals surface area contributed by atoms with Crippen molar-refractivity contribution in [2.24, 2.45) is 5.92 Å². The van der Waals surface area contributed by atoms with Gasteiger partial charge < -0.3 is 26.0 Å². The summed E-state index contributed by atoms with van der Waals surface area (Å²) in [5.74, 6) is -1.70. The zero-order chi connectivity index (χ0) is 31.0. The Labute approximate surface area is 252 Å². The van der Waals surface area contributed by atoms with E-state index in [-0.39, 0.29) is 43.8 Å². The lowest BCUT2D eigenvalue weighted by Gasteiger charge is -2.38. The maximum Gasteiger partial charge on any atom is 0.328 e. The Morgan fingerprint density at radius 3 is 2.14 bits per heavy atom. The zero-order valence-corrected chi connectivity index (χ0v) is 24.8. The fourth-order valence-corrected chi connectivity index (χ4v) is 5.89. The first-order valence-corrected chi connectivity index (χ1v) is 15.0. The Balaban J connectivity index is 1.51. The third kappa shape index (κ3) is 7.71. The molecule has 1 atom stereocenters. The summed E-state index contributed by atoms with van der Waals surface area (Å²) in [6.07, 6.45) is 4.12. The number of para-hydroxylation sites is 1. The van der Waals surface area contributed by atoms with Crippen LogP contribution in [0.15, 0.2) is 54.6 Å². The van der Waals surface area contributed by atoms with Gasteiger partial charge in [-0.05, 0) is 61.4 Å². The first-order valence-electron chi connectivity index (χ1n) is 15.0. The summed E-state index contributed by atoms with van der Waals surface area (Å²) >= 11 is 0. The van der Waals surface area contributed by atoms with Gasteiger partial charge in [0.2, 0.25) is 5.91 Å². The number of amides is 6. The van der Waals surface area contributed by atoms with Crippen LogP contribution < -0.4 is 16.0 Å². The van der Waals surface area contributed by atoms with E-state index in [0.29, 0.717) is 30.6 Å². The molecule has 2 aromatic rings. The van der Waals surface area contributed by atoms with Crippen molar-refractivity contribution in [1.82, 2.24) is 15.1 Å². The van der Waals surface area contributed by atoms with Crippen LogP contribution in [0.3, 0.4) is 0 Å². The average Bonchev–Trinajstić information content (AvgIpc) is 3.16. The number of imide groups is 1. The summed E-state index contributed by atoms with van der Waals surface area (Å²) < 4.78 is 0. The number of carbonyl (C=O) groups excluding carboxylic acids is 4. The molecule has 1 saturated carbocycles. The van der Waals surface area contributed by atoms with Gasteiger partial charge in [0, 0.05) is 30.9 Å². The van der Waals surface area contributed by atoms with Crippen molar-refractivity contribution in [2.75, 3.05) is 17.2 Å². The molecule has 1 saturated heterocycles. The molecule has 2 aromatic carbocycles. The van der Waals surface area contributed by atoms with Crippen LogP contribution in [-0.2, 0) is 20.9 Å². The molecule has 0 bridgehead atoms. The largest absolute Gasteiger partial charge is 0.481 e. The molecule has 230 valence electrons. The van der Waals surface area contributed by atoms with Crippen LogP contribution in [0.25, 0.3) is 0 Å². The van der Waals surface area contributed by atoms with E-state index in [4.69, 9.17) is 5.11 Å². The van der Waals surface area contributed by atoms with E-state index in [1.165, 1.54) is 0 Å². The maximum atomic E-state index is 14.1. The predicted octanol–water partition coefficient (Wildman–Crippen LogP) is 5.19. The summed E-state index contributed by atoms with van der Waals surface area (Å²) in [7, 11) is 0. The monoisotopic (exact) mass is 591 g/mol. The minimum atomic E-state index is -1.01. The van der Waals surface area contributed by atoms with Crippen molar-refractivity contribution >= 4 is 41.2 Å². The average molecular weight is 592 g/mol. The molecule has 0 unspecified atom stereocenters. The second-order valence-electron chi connectivity index (χ2n) is 11.7. The van der Waals surface area contributed by atoms with Gasteiger partial charge in [-0.1, -0.05) is 63.4 Å². The minimum Gasteiger partial charge on any atom is -0.481 e. The van der Waals surface area contributed by atoms with Gasteiger partial charge in [-0.15, -0.1) is 0 Å². The second-order valence-corrected chi connectivity index (χ2v) is 11.7. The first-order chi connectivity index (χ1) is 20.6. The number of nitrogens with one attached hydrogen (secondary N) is 3. The van der Waals surface area contributed by atoms with Crippen molar-refractivity contribution in [3.05, 3.63) is 60.2 Å². The topological polar surface area (TPSA) is 148 Å². The highest BCUT2D eigenvalue weighted by molar-refractivity contribution is 6.10. The number of carboxylic acids is 1. The van der Waals surface area contributed by atoms with Gasteiger partial charge in [0.1, 0.15) is 11.6 Å². The van der Waals surface area contributed by atoms with Crippen LogP contribution in [-0.4, -0.2) is 62.9 Å². The smallest absolute Gasteiger partial charge is 0.328 e. The van der Waals surface area contributed by atoms with Crippen LogP contribution >= 0.6 is 0 Å². The number of nitrogens with zero attached hydrogens (tertiary/aromatic N) is 2. The third-order valence-corrected chi connectivity index (χ3v) is 8.01. The number of benzene rings is 2. The Bertz CT molecular complexity index is 1310. The number of aliphatic carboxylic acids is 1. The van der Waals surface area contributed by atoms with Gasteiger partial charge >= 0.3 is 18.0 Å². The second kappa shape index (κ2) is 14.2. The third-order valence-electron chi connectivity index (χ3n) is 8.01. The number of anilines is 2. The SMILES string of the molecule is CC(C)C[C@@H](C(=O)NCCCC(=O)O)N1C(=O)N(Cc2ccc(NC(=O)Nc3ccccc3)cc2)C2(CCCCC2)C1=O. The van der Waals surface area contributed by atoms with Crippen LogP contribution in [0, 0.1) is 5.92 Å².